The van der Waals surface area contributed by atoms with Crippen molar-refractivity contribution >= 4 is 27.8 Å². The molecule has 0 aromatic heterocycles. The first-order valence-corrected chi connectivity index (χ1v) is 14.0. The lowest BCUT2D eigenvalue weighted by Gasteiger charge is -2.25. The Labute approximate surface area is 241 Å². The third kappa shape index (κ3) is 5.02. The maximum absolute atomic E-state index is 2.31. The molecule has 0 atom stereocenters. The number of anilines is 3. The van der Waals surface area contributed by atoms with Gasteiger partial charge in [0.2, 0.25) is 0 Å². The summed E-state index contributed by atoms with van der Waals surface area (Å²) in [5.74, 6) is 0. The van der Waals surface area contributed by atoms with E-state index in [-0.39, 0.29) is 0 Å². The molecule has 1 heteroatoms. The van der Waals surface area contributed by atoms with Crippen molar-refractivity contribution in [3.8, 4) is 33.4 Å². The molecule has 194 valence electrons. The van der Waals surface area contributed by atoms with Crippen molar-refractivity contribution in [3.05, 3.63) is 176 Å². The van der Waals surface area contributed by atoms with Crippen molar-refractivity contribution in [1.29, 1.82) is 0 Å². The lowest BCUT2D eigenvalue weighted by atomic mass is 9.92. The van der Waals surface area contributed by atoms with Gasteiger partial charge in [-0.25, -0.2) is 0 Å². The highest BCUT2D eigenvalue weighted by atomic mass is 15.1. The van der Waals surface area contributed by atoms with Crippen molar-refractivity contribution in [2.45, 2.75) is 0 Å². The first-order chi connectivity index (χ1) is 20.3. The number of hydrogen-bond acceptors (Lipinski definition) is 1. The standard InChI is InChI=1S/C40H29N/c1-4-12-30(13-5-1)31-20-22-32(23-21-31)39-18-10-11-19-40(39)35-25-24-34-29-38(27-26-33(34)28-35)41(36-14-6-2-7-15-36)37-16-8-3-9-17-37/h1-29H. The first-order valence-electron chi connectivity index (χ1n) is 14.0. The van der Waals surface area contributed by atoms with Gasteiger partial charge in [0.1, 0.15) is 0 Å². The Balaban J connectivity index is 1.25. The summed E-state index contributed by atoms with van der Waals surface area (Å²) in [6.45, 7) is 0. The number of fused-ring (bicyclic) bond motifs is 1. The molecule has 0 heterocycles. The molecule has 1 nitrogen and oxygen atoms in total. The van der Waals surface area contributed by atoms with Crippen LogP contribution in [0, 0.1) is 0 Å². The fourth-order valence-electron chi connectivity index (χ4n) is 5.60. The van der Waals surface area contributed by atoms with Crippen LogP contribution in [0.25, 0.3) is 44.2 Å². The Hall–Kier alpha value is -5.40. The van der Waals surface area contributed by atoms with E-state index in [4.69, 9.17) is 0 Å². The maximum atomic E-state index is 2.31. The molecular formula is C40H29N. The second kappa shape index (κ2) is 11.0. The maximum Gasteiger partial charge on any atom is 0.0468 e. The molecule has 0 amide bonds. The predicted octanol–water partition coefficient (Wildman–Crippen LogP) is 11.3. The molecule has 7 rings (SSSR count). The zero-order chi connectivity index (χ0) is 27.4. The average Bonchev–Trinajstić information content (AvgIpc) is 3.06. The number of nitrogens with zero attached hydrogens (tertiary/aromatic N) is 1. The predicted molar refractivity (Wildman–Crippen MR) is 175 cm³/mol. The number of hydrogen-bond donors (Lipinski definition) is 0. The summed E-state index contributed by atoms with van der Waals surface area (Å²) in [5.41, 5.74) is 10.8. The second-order valence-corrected chi connectivity index (χ2v) is 10.2. The van der Waals surface area contributed by atoms with Crippen molar-refractivity contribution in [2.24, 2.45) is 0 Å². The first kappa shape index (κ1) is 24.6. The Kier molecular flexibility index (Phi) is 6.61. The van der Waals surface area contributed by atoms with Gasteiger partial charge >= 0.3 is 0 Å². The van der Waals surface area contributed by atoms with Crippen LogP contribution in [-0.2, 0) is 0 Å². The van der Waals surface area contributed by atoms with Crippen LogP contribution in [0.1, 0.15) is 0 Å². The van der Waals surface area contributed by atoms with Crippen LogP contribution in [0.5, 0.6) is 0 Å². The monoisotopic (exact) mass is 523 g/mol. The van der Waals surface area contributed by atoms with E-state index in [1.54, 1.807) is 0 Å². The van der Waals surface area contributed by atoms with E-state index >= 15 is 0 Å². The minimum absolute atomic E-state index is 1.14. The van der Waals surface area contributed by atoms with E-state index in [2.05, 4.69) is 181 Å². The van der Waals surface area contributed by atoms with Gasteiger partial charge in [0, 0.05) is 17.1 Å². The SMILES string of the molecule is c1ccc(-c2ccc(-c3ccccc3-c3ccc4cc(N(c5ccccc5)c5ccccc5)ccc4c3)cc2)cc1. The number of benzene rings is 7. The zero-order valence-electron chi connectivity index (χ0n) is 22.7. The summed E-state index contributed by atoms with van der Waals surface area (Å²) < 4.78 is 0. The van der Waals surface area contributed by atoms with Crippen LogP contribution in [0.3, 0.4) is 0 Å². The highest BCUT2D eigenvalue weighted by molar-refractivity contribution is 5.94. The highest BCUT2D eigenvalue weighted by Crippen LogP contribution is 2.38. The van der Waals surface area contributed by atoms with E-state index in [0.29, 0.717) is 0 Å². The normalized spacial score (nSPS) is 10.9. The molecule has 7 aromatic carbocycles. The minimum Gasteiger partial charge on any atom is -0.310 e. The number of rotatable bonds is 6. The van der Waals surface area contributed by atoms with Crippen molar-refractivity contribution < 1.29 is 0 Å². The van der Waals surface area contributed by atoms with Crippen LogP contribution in [0.15, 0.2) is 176 Å². The molecular weight excluding hydrogens is 494 g/mol. The van der Waals surface area contributed by atoms with Gasteiger partial charge in [-0.05, 0) is 86.6 Å². The fourth-order valence-corrected chi connectivity index (χ4v) is 5.60. The number of para-hydroxylation sites is 2. The smallest absolute Gasteiger partial charge is 0.0468 e. The molecule has 0 saturated heterocycles. The highest BCUT2D eigenvalue weighted by Gasteiger charge is 2.13. The van der Waals surface area contributed by atoms with Gasteiger partial charge in [0.15, 0.2) is 0 Å². The summed E-state index contributed by atoms with van der Waals surface area (Å²) in [6.07, 6.45) is 0. The van der Waals surface area contributed by atoms with Crippen molar-refractivity contribution in [3.63, 3.8) is 0 Å². The Morgan fingerprint density at radius 1 is 0.268 bits per heavy atom. The second-order valence-electron chi connectivity index (χ2n) is 10.2. The molecule has 41 heavy (non-hydrogen) atoms. The average molecular weight is 524 g/mol. The van der Waals surface area contributed by atoms with E-state index < -0.39 is 0 Å². The van der Waals surface area contributed by atoms with Crippen LogP contribution >= 0.6 is 0 Å². The molecule has 0 aliphatic rings. The summed E-state index contributed by atoms with van der Waals surface area (Å²) in [4.78, 5) is 2.31. The van der Waals surface area contributed by atoms with E-state index in [9.17, 15) is 0 Å². The summed E-state index contributed by atoms with van der Waals surface area (Å²) in [7, 11) is 0. The summed E-state index contributed by atoms with van der Waals surface area (Å²) >= 11 is 0. The van der Waals surface area contributed by atoms with Gasteiger partial charge in [-0.3, -0.25) is 0 Å². The molecule has 0 radical (unpaired) electrons. The van der Waals surface area contributed by atoms with E-state index in [1.807, 2.05) is 0 Å². The zero-order valence-corrected chi connectivity index (χ0v) is 22.7. The molecule has 0 saturated carbocycles. The van der Waals surface area contributed by atoms with Crippen LogP contribution in [0.2, 0.25) is 0 Å². The van der Waals surface area contributed by atoms with Gasteiger partial charge in [-0.2, -0.15) is 0 Å². The van der Waals surface area contributed by atoms with Crippen LogP contribution in [0.4, 0.5) is 17.1 Å². The minimum atomic E-state index is 1.14. The van der Waals surface area contributed by atoms with Crippen LogP contribution in [-0.4, -0.2) is 0 Å². The lowest BCUT2D eigenvalue weighted by Crippen LogP contribution is -2.09. The van der Waals surface area contributed by atoms with Gasteiger partial charge in [0.05, 0.1) is 0 Å². The topological polar surface area (TPSA) is 3.24 Å². The molecule has 0 unspecified atom stereocenters. The Morgan fingerprint density at radius 2 is 0.707 bits per heavy atom. The quantitative estimate of drug-likeness (QED) is 0.209. The summed E-state index contributed by atoms with van der Waals surface area (Å²) in [6, 6.07) is 62.8. The molecule has 0 aliphatic heterocycles. The van der Waals surface area contributed by atoms with Gasteiger partial charge in [-0.1, -0.05) is 133 Å². The van der Waals surface area contributed by atoms with Gasteiger partial charge < -0.3 is 4.90 Å². The molecule has 7 aromatic rings. The Morgan fingerprint density at radius 3 is 1.34 bits per heavy atom. The third-order valence-corrected chi connectivity index (χ3v) is 7.65. The Bertz CT molecular complexity index is 1870. The molecule has 0 N–H and O–H groups in total. The van der Waals surface area contributed by atoms with E-state index in [1.165, 1.54) is 44.2 Å². The van der Waals surface area contributed by atoms with Crippen LogP contribution < -0.4 is 4.90 Å². The summed E-state index contributed by atoms with van der Waals surface area (Å²) in [5, 5.41) is 2.44. The fraction of sp³-hybridized carbons (Fsp3) is 0. The van der Waals surface area contributed by atoms with Gasteiger partial charge in [-0.15, -0.1) is 0 Å². The van der Waals surface area contributed by atoms with Crippen molar-refractivity contribution in [1.82, 2.24) is 0 Å². The molecule has 0 bridgehead atoms. The third-order valence-electron chi connectivity index (χ3n) is 7.65. The largest absolute Gasteiger partial charge is 0.310 e. The van der Waals surface area contributed by atoms with Gasteiger partial charge in [0.25, 0.3) is 0 Å². The van der Waals surface area contributed by atoms with Crippen molar-refractivity contribution in [2.75, 3.05) is 4.90 Å². The molecule has 0 spiro atoms. The van der Waals surface area contributed by atoms with E-state index in [0.717, 1.165) is 17.1 Å². The molecule has 0 aliphatic carbocycles. The molecule has 0 fully saturated rings. The lowest BCUT2D eigenvalue weighted by molar-refractivity contribution is 1.29.